The van der Waals surface area contributed by atoms with Crippen LogP contribution in [0.25, 0.3) is 0 Å². The molecule has 2 aromatic rings. The van der Waals surface area contributed by atoms with Gasteiger partial charge in [0.15, 0.2) is 0 Å². The number of carbonyl (C=O) groups excluding carboxylic acids is 1. The van der Waals surface area contributed by atoms with Crippen LogP contribution in [0.15, 0.2) is 48.5 Å². The highest BCUT2D eigenvalue weighted by Crippen LogP contribution is 2.17. The molecule has 0 aromatic heterocycles. The molecule has 0 unspecified atom stereocenters. The molecule has 18 heavy (non-hydrogen) atoms. The average Bonchev–Trinajstić information content (AvgIpc) is 2.40. The third kappa shape index (κ3) is 2.55. The Labute approximate surface area is 106 Å². The van der Waals surface area contributed by atoms with Gasteiger partial charge in [0.25, 0.3) is 5.91 Å². The van der Waals surface area contributed by atoms with Crippen molar-refractivity contribution in [3.63, 3.8) is 0 Å². The molecule has 3 heteroatoms. The monoisotopic (exact) mass is 236 g/mol. The number of amides is 1. The summed E-state index contributed by atoms with van der Waals surface area (Å²) in [5.41, 5.74) is 2.58. The Kier molecular flexibility index (Phi) is 3.40. The molecule has 0 aliphatic carbocycles. The van der Waals surface area contributed by atoms with Crippen molar-refractivity contribution in [2.75, 3.05) is 5.32 Å². The number of carbonyl (C=O) groups is 1. The van der Waals surface area contributed by atoms with Gasteiger partial charge in [-0.15, -0.1) is 0 Å². The first-order valence-corrected chi connectivity index (χ1v) is 5.58. The van der Waals surface area contributed by atoms with Gasteiger partial charge in [-0.2, -0.15) is 5.26 Å². The minimum atomic E-state index is -0.210. The van der Waals surface area contributed by atoms with E-state index in [2.05, 4.69) is 11.4 Å². The third-order valence-electron chi connectivity index (χ3n) is 2.58. The van der Waals surface area contributed by atoms with E-state index in [0.717, 1.165) is 5.56 Å². The number of nitrogens with zero attached hydrogens (tertiary/aromatic N) is 1. The number of anilines is 1. The molecule has 0 fully saturated rings. The maximum atomic E-state index is 12.0. The van der Waals surface area contributed by atoms with Gasteiger partial charge in [-0.3, -0.25) is 4.79 Å². The Balaban J connectivity index is 2.28. The molecular formula is C15H12N2O. The molecule has 0 aliphatic heterocycles. The Hall–Kier alpha value is -2.60. The number of nitriles is 1. The van der Waals surface area contributed by atoms with Gasteiger partial charge in [0.2, 0.25) is 0 Å². The molecule has 0 radical (unpaired) electrons. The molecule has 0 aliphatic rings. The Bertz CT molecular complexity index is 612. The zero-order valence-corrected chi connectivity index (χ0v) is 9.97. The fourth-order valence-corrected chi connectivity index (χ4v) is 1.64. The molecule has 0 bridgehead atoms. The summed E-state index contributed by atoms with van der Waals surface area (Å²) in [6.07, 6.45) is 0. The lowest BCUT2D eigenvalue weighted by Gasteiger charge is -2.07. The van der Waals surface area contributed by atoms with Gasteiger partial charge in [-0.25, -0.2) is 0 Å². The van der Waals surface area contributed by atoms with Crippen molar-refractivity contribution >= 4 is 11.6 Å². The molecule has 88 valence electrons. The Morgan fingerprint density at radius 2 is 1.89 bits per heavy atom. The van der Waals surface area contributed by atoms with Crippen molar-refractivity contribution in [1.82, 2.24) is 0 Å². The van der Waals surface area contributed by atoms with E-state index in [-0.39, 0.29) is 5.91 Å². The summed E-state index contributed by atoms with van der Waals surface area (Å²) < 4.78 is 0. The SMILES string of the molecule is Cc1ccc(C#N)c(NC(=O)c2ccccc2)c1. The van der Waals surface area contributed by atoms with Crippen LogP contribution in [0.5, 0.6) is 0 Å². The van der Waals surface area contributed by atoms with Crippen molar-refractivity contribution in [3.8, 4) is 6.07 Å². The number of benzene rings is 2. The first-order valence-electron chi connectivity index (χ1n) is 5.58. The summed E-state index contributed by atoms with van der Waals surface area (Å²) in [7, 11) is 0. The summed E-state index contributed by atoms with van der Waals surface area (Å²) in [6, 6.07) is 16.3. The number of hydrogen-bond donors (Lipinski definition) is 1. The summed E-state index contributed by atoms with van der Waals surface area (Å²) in [6.45, 7) is 1.92. The highest BCUT2D eigenvalue weighted by atomic mass is 16.1. The van der Waals surface area contributed by atoms with Gasteiger partial charge in [0.1, 0.15) is 6.07 Å². The zero-order valence-electron chi connectivity index (χ0n) is 9.97. The predicted molar refractivity (Wildman–Crippen MR) is 70.3 cm³/mol. The van der Waals surface area contributed by atoms with Gasteiger partial charge < -0.3 is 5.32 Å². The largest absolute Gasteiger partial charge is 0.321 e. The van der Waals surface area contributed by atoms with E-state index in [1.807, 2.05) is 19.1 Å². The third-order valence-corrected chi connectivity index (χ3v) is 2.58. The lowest BCUT2D eigenvalue weighted by Crippen LogP contribution is -2.12. The molecule has 1 N–H and O–H groups in total. The number of hydrogen-bond acceptors (Lipinski definition) is 2. The van der Waals surface area contributed by atoms with Crippen molar-refractivity contribution in [2.45, 2.75) is 6.92 Å². The predicted octanol–water partition coefficient (Wildman–Crippen LogP) is 3.12. The van der Waals surface area contributed by atoms with Gasteiger partial charge in [0, 0.05) is 5.56 Å². The number of aryl methyl sites for hydroxylation is 1. The molecule has 0 spiro atoms. The first-order chi connectivity index (χ1) is 8.70. The van der Waals surface area contributed by atoms with Crippen molar-refractivity contribution in [2.24, 2.45) is 0 Å². The summed E-state index contributed by atoms with van der Waals surface area (Å²) in [4.78, 5) is 12.0. The van der Waals surface area contributed by atoms with E-state index in [1.165, 1.54) is 0 Å². The van der Waals surface area contributed by atoms with Crippen LogP contribution in [0.1, 0.15) is 21.5 Å². The second-order valence-electron chi connectivity index (χ2n) is 3.98. The minimum Gasteiger partial charge on any atom is -0.321 e. The van der Waals surface area contributed by atoms with Crippen LogP contribution in [0, 0.1) is 18.3 Å². The fraction of sp³-hybridized carbons (Fsp3) is 0.0667. The molecule has 0 saturated carbocycles. The molecule has 2 aromatic carbocycles. The topological polar surface area (TPSA) is 52.9 Å². The van der Waals surface area contributed by atoms with Crippen molar-refractivity contribution in [3.05, 3.63) is 65.2 Å². The Morgan fingerprint density at radius 3 is 2.56 bits per heavy atom. The second kappa shape index (κ2) is 5.15. The Morgan fingerprint density at radius 1 is 1.17 bits per heavy atom. The van der Waals surface area contributed by atoms with Crippen molar-refractivity contribution in [1.29, 1.82) is 5.26 Å². The van der Waals surface area contributed by atoms with Gasteiger partial charge in [-0.05, 0) is 36.8 Å². The van der Waals surface area contributed by atoms with Crippen LogP contribution < -0.4 is 5.32 Å². The van der Waals surface area contributed by atoms with E-state index >= 15 is 0 Å². The van der Waals surface area contributed by atoms with Gasteiger partial charge in [-0.1, -0.05) is 24.3 Å². The first kappa shape index (κ1) is 11.9. The molecule has 2 rings (SSSR count). The lowest BCUT2D eigenvalue weighted by molar-refractivity contribution is 0.102. The second-order valence-corrected chi connectivity index (χ2v) is 3.98. The highest BCUT2D eigenvalue weighted by molar-refractivity contribution is 6.04. The quantitative estimate of drug-likeness (QED) is 0.870. The fourth-order valence-electron chi connectivity index (χ4n) is 1.64. The van der Waals surface area contributed by atoms with Crippen LogP contribution in [0.3, 0.4) is 0 Å². The maximum Gasteiger partial charge on any atom is 0.255 e. The molecule has 3 nitrogen and oxygen atoms in total. The van der Waals surface area contributed by atoms with Crippen LogP contribution >= 0.6 is 0 Å². The smallest absolute Gasteiger partial charge is 0.255 e. The van der Waals surface area contributed by atoms with Crippen molar-refractivity contribution < 1.29 is 4.79 Å². The molecular weight excluding hydrogens is 224 g/mol. The van der Waals surface area contributed by atoms with Crippen LogP contribution in [-0.4, -0.2) is 5.91 Å². The standard InChI is InChI=1S/C15H12N2O/c1-11-7-8-13(10-16)14(9-11)17-15(18)12-5-3-2-4-6-12/h2-9H,1H3,(H,17,18). The summed E-state index contributed by atoms with van der Waals surface area (Å²) in [5, 5.41) is 11.7. The summed E-state index contributed by atoms with van der Waals surface area (Å²) in [5.74, 6) is -0.210. The van der Waals surface area contributed by atoms with E-state index in [9.17, 15) is 4.79 Å². The minimum absolute atomic E-state index is 0.210. The van der Waals surface area contributed by atoms with E-state index in [1.54, 1.807) is 36.4 Å². The van der Waals surface area contributed by atoms with Crippen LogP contribution in [0.2, 0.25) is 0 Å². The summed E-state index contributed by atoms with van der Waals surface area (Å²) >= 11 is 0. The highest BCUT2D eigenvalue weighted by Gasteiger charge is 2.08. The molecule has 0 atom stereocenters. The van der Waals surface area contributed by atoms with Crippen LogP contribution in [-0.2, 0) is 0 Å². The molecule has 0 saturated heterocycles. The van der Waals surface area contributed by atoms with E-state index in [0.29, 0.717) is 16.8 Å². The molecule has 0 heterocycles. The number of rotatable bonds is 2. The van der Waals surface area contributed by atoms with E-state index in [4.69, 9.17) is 5.26 Å². The zero-order chi connectivity index (χ0) is 13.0. The maximum absolute atomic E-state index is 12.0. The normalized spacial score (nSPS) is 9.56. The lowest BCUT2D eigenvalue weighted by atomic mass is 10.1. The molecule has 1 amide bonds. The van der Waals surface area contributed by atoms with Gasteiger partial charge in [0.05, 0.1) is 11.3 Å². The average molecular weight is 236 g/mol. The number of nitrogens with one attached hydrogen (secondary N) is 1. The van der Waals surface area contributed by atoms with Gasteiger partial charge >= 0.3 is 0 Å². The van der Waals surface area contributed by atoms with E-state index < -0.39 is 0 Å². The van der Waals surface area contributed by atoms with Crippen LogP contribution in [0.4, 0.5) is 5.69 Å².